The largest absolute Gasteiger partial charge is 0.497 e. The highest BCUT2D eigenvalue weighted by molar-refractivity contribution is 9.10. The van der Waals surface area contributed by atoms with E-state index in [1.807, 2.05) is 5.92 Å². The van der Waals surface area contributed by atoms with Crippen LogP contribution in [0.3, 0.4) is 0 Å². The molecule has 0 aliphatic carbocycles. The van der Waals surface area contributed by atoms with Gasteiger partial charge in [0.05, 0.1) is 12.8 Å². The lowest BCUT2D eigenvalue weighted by atomic mass is 10.3. The molecule has 0 aromatic heterocycles. The Bertz CT molecular complexity index is 429. The van der Waals surface area contributed by atoms with Crippen LogP contribution in [0.15, 0.2) is 29.3 Å². The van der Waals surface area contributed by atoms with Crippen LogP contribution in [0.4, 0.5) is 14.5 Å². The SMILES string of the molecule is C#CC(=Nc1ccc(OC)cc1)C(F)(F)Br. The molecule has 0 fully saturated rings. The highest BCUT2D eigenvalue weighted by Crippen LogP contribution is 2.26. The molecule has 84 valence electrons. The Morgan fingerprint density at radius 2 is 2.00 bits per heavy atom. The summed E-state index contributed by atoms with van der Waals surface area (Å²) in [5.74, 6) is 2.46. The van der Waals surface area contributed by atoms with Gasteiger partial charge in [0.25, 0.3) is 0 Å². The number of ether oxygens (including phenoxy) is 1. The minimum Gasteiger partial charge on any atom is -0.497 e. The fourth-order valence-electron chi connectivity index (χ4n) is 0.963. The predicted molar refractivity (Wildman–Crippen MR) is 62.8 cm³/mol. The maximum absolute atomic E-state index is 12.8. The Morgan fingerprint density at radius 3 is 2.38 bits per heavy atom. The molecule has 0 N–H and O–H groups in total. The molecule has 0 unspecified atom stereocenters. The topological polar surface area (TPSA) is 21.6 Å². The number of hydrogen-bond acceptors (Lipinski definition) is 2. The molecular formula is C11H8BrF2NO. The van der Waals surface area contributed by atoms with Crippen LogP contribution in [0.5, 0.6) is 5.75 Å². The van der Waals surface area contributed by atoms with Crippen molar-refractivity contribution in [2.45, 2.75) is 4.83 Å². The van der Waals surface area contributed by atoms with Crippen molar-refractivity contribution in [3.8, 4) is 18.1 Å². The molecule has 1 aromatic rings. The highest BCUT2D eigenvalue weighted by atomic mass is 79.9. The van der Waals surface area contributed by atoms with Gasteiger partial charge in [-0.05, 0) is 46.1 Å². The minimum absolute atomic E-state index is 0.341. The first-order valence-corrected chi connectivity index (χ1v) is 5.03. The molecular weight excluding hydrogens is 280 g/mol. The van der Waals surface area contributed by atoms with Crippen LogP contribution in [0.2, 0.25) is 0 Å². The van der Waals surface area contributed by atoms with Gasteiger partial charge in [0.1, 0.15) is 5.75 Å². The summed E-state index contributed by atoms with van der Waals surface area (Å²) in [5, 5.41) is 0. The van der Waals surface area contributed by atoms with E-state index in [0.29, 0.717) is 11.4 Å². The van der Waals surface area contributed by atoms with Crippen molar-refractivity contribution in [2.75, 3.05) is 7.11 Å². The molecule has 1 rings (SSSR count). The molecule has 0 bridgehead atoms. The number of aliphatic imine (C=N–C) groups is 1. The summed E-state index contributed by atoms with van der Waals surface area (Å²) >= 11 is 2.16. The summed E-state index contributed by atoms with van der Waals surface area (Å²) in [6.07, 6.45) is 4.95. The van der Waals surface area contributed by atoms with E-state index in [1.165, 1.54) is 19.2 Å². The van der Waals surface area contributed by atoms with E-state index in [-0.39, 0.29) is 0 Å². The molecule has 2 nitrogen and oxygen atoms in total. The predicted octanol–water partition coefficient (Wildman–Crippen LogP) is 3.39. The Morgan fingerprint density at radius 1 is 1.44 bits per heavy atom. The maximum atomic E-state index is 12.8. The fraction of sp³-hybridized carbons (Fsp3) is 0.182. The molecule has 1 aromatic carbocycles. The monoisotopic (exact) mass is 287 g/mol. The second-order valence-electron chi connectivity index (χ2n) is 2.80. The van der Waals surface area contributed by atoms with Gasteiger partial charge in [-0.15, -0.1) is 6.42 Å². The van der Waals surface area contributed by atoms with Gasteiger partial charge >= 0.3 is 4.83 Å². The van der Waals surface area contributed by atoms with Gasteiger partial charge in [0.15, 0.2) is 5.71 Å². The van der Waals surface area contributed by atoms with E-state index < -0.39 is 10.5 Å². The highest BCUT2D eigenvalue weighted by Gasteiger charge is 2.30. The van der Waals surface area contributed by atoms with Gasteiger partial charge < -0.3 is 4.74 Å². The second kappa shape index (κ2) is 5.08. The van der Waals surface area contributed by atoms with Crippen LogP contribution in [0.1, 0.15) is 0 Å². The third-order valence-corrected chi connectivity index (χ3v) is 2.09. The summed E-state index contributed by atoms with van der Waals surface area (Å²) in [6, 6.07) is 6.29. The smallest absolute Gasteiger partial charge is 0.350 e. The van der Waals surface area contributed by atoms with E-state index >= 15 is 0 Å². The third kappa shape index (κ3) is 3.31. The number of halogens is 3. The zero-order chi connectivity index (χ0) is 12.2. The summed E-state index contributed by atoms with van der Waals surface area (Å²) in [7, 11) is 1.51. The van der Waals surface area contributed by atoms with Gasteiger partial charge in [-0.1, -0.05) is 0 Å². The van der Waals surface area contributed by atoms with Crippen LogP contribution < -0.4 is 4.74 Å². The molecule has 0 spiro atoms. The first-order valence-electron chi connectivity index (χ1n) is 4.24. The molecule has 0 aliphatic heterocycles. The van der Waals surface area contributed by atoms with Crippen molar-refractivity contribution in [1.82, 2.24) is 0 Å². The third-order valence-electron chi connectivity index (χ3n) is 1.72. The number of rotatable bonds is 3. The van der Waals surface area contributed by atoms with E-state index in [1.54, 1.807) is 12.1 Å². The van der Waals surface area contributed by atoms with Gasteiger partial charge in [0.2, 0.25) is 0 Å². The zero-order valence-corrected chi connectivity index (χ0v) is 9.96. The average molecular weight is 288 g/mol. The minimum atomic E-state index is -3.29. The van der Waals surface area contributed by atoms with Crippen LogP contribution >= 0.6 is 15.9 Å². The molecule has 0 atom stereocenters. The van der Waals surface area contributed by atoms with Crippen molar-refractivity contribution in [3.63, 3.8) is 0 Å². The Kier molecular flexibility index (Phi) is 4.02. The maximum Gasteiger partial charge on any atom is 0.350 e. The van der Waals surface area contributed by atoms with Crippen molar-refractivity contribution >= 4 is 27.3 Å². The van der Waals surface area contributed by atoms with Crippen molar-refractivity contribution in [2.24, 2.45) is 4.99 Å². The Balaban J connectivity index is 3.02. The van der Waals surface area contributed by atoms with E-state index in [4.69, 9.17) is 11.2 Å². The van der Waals surface area contributed by atoms with E-state index in [2.05, 4.69) is 20.9 Å². The van der Waals surface area contributed by atoms with Gasteiger partial charge in [0, 0.05) is 0 Å². The lowest BCUT2D eigenvalue weighted by molar-refractivity contribution is 0.195. The van der Waals surface area contributed by atoms with E-state index in [9.17, 15) is 8.78 Å². The molecule has 0 radical (unpaired) electrons. The van der Waals surface area contributed by atoms with Gasteiger partial charge in [-0.2, -0.15) is 8.78 Å². The van der Waals surface area contributed by atoms with Crippen molar-refractivity contribution in [1.29, 1.82) is 0 Å². The fourth-order valence-corrected chi connectivity index (χ4v) is 1.17. The number of methoxy groups -OCH3 is 1. The number of terminal acetylenes is 1. The Labute approximate surface area is 100 Å². The summed E-state index contributed by atoms with van der Waals surface area (Å²) in [4.78, 5) is 0.362. The number of benzene rings is 1. The summed E-state index contributed by atoms with van der Waals surface area (Å²) in [6.45, 7) is 0. The van der Waals surface area contributed by atoms with Crippen LogP contribution in [-0.2, 0) is 0 Å². The molecule has 0 saturated carbocycles. The number of hydrogen-bond donors (Lipinski definition) is 0. The van der Waals surface area contributed by atoms with Crippen molar-refractivity contribution < 1.29 is 13.5 Å². The first kappa shape index (κ1) is 12.7. The second-order valence-corrected chi connectivity index (χ2v) is 3.80. The lowest BCUT2D eigenvalue weighted by Gasteiger charge is -2.06. The Hall–Kier alpha value is -1.41. The average Bonchev–Trinajstić information content (AvgIpc) is 2.25. The van der Waals surface area contributed by atoms with Crippen LogP contribution in [0, 0.1) is 12.3 Å². The normalized spacial score (nSPS) is 12.1. The molecule has 16 heavy (non-hydrogen) atoms. The molecule has 0 amide bonds. The standard InChI is InChI=1S/C11H8BrF2NO/c1-3-10(11(12,13)14)15-8-4-6-9(16-2)7-5-8/h1,4-7H,2H3. The lowest BCUT2D eigenvalue weighted by Crippen LogP contribution is -2.18. The number of nitrogens with zero attached hydrogens (tertiary/aromatic N) is 1. The van der Waals surface area contributed by atoms with Crippen molar-refractivity contribution in [3.05, 3.63) is 24.3 Å². The zero-order valence-electron chi connectivity index (χ0n) is 8.38. The summed E-state index contributed by atoms with van der Waals surface area (Å²) in [5.41, 5.74) is -0.328. The molecule has 0 saturated heterocycles. The quantitative estimate of drug-likeness (QED) is 0.474. The molecule has 0 aliphatic rings. The van der Waals surface area contributed by atoms with Gasteiger partial charge in [-0.3, -0.25) is 0 Å². The number of alkyl halides is 3. The van der Waals surface area contributed by atoms with Crippen LogP contribution in [0.25, 0.3) is 0 Å². The first-order chi connectivity index (χ1) is 7.47. The van der Waals surface area contributed by atoms with Crippen LogP contribution in [-0.4, -0.2) is 17.7 Å². The molecule has 0 heterocycles. The van der Waals surface area contributed by atoms with Gasteiger partial charge in [-0.25, -0.2) is 4.99 Å². The molecule has 5 heteroatoms. The summed E-state index contributed by atoms with van der Waals surface area (Å²) < 4.78 is 30.6. The van der Waals surface area contributed by atoms with E-state index in [0.717, 1.165) is 0 Å².